The van der Waals surface area contributed by atoms with Gasteiger partial charge in [-0.3, -0.25) is 0 Å². The maximum Gasteiger partial charge on any atom is 0.0874 e. The highest BCUT2D eigenvalue weighted by Gasteiger charge is 2.23. The van der Waals surface area contributed by atoms with Gasteiger partial charge in [0.25, 0.3) is 0 Å². The number of hydrogen-bond donors (Lipinski definition) is 0. The molecule has 0 fully saturated rings. The fourth-order valence-corrected chi connectivity index (χ4v) is 4.18. The van der Waals surface area contributed by atoms with Crippen molar-refractivity contribution in [3.8, 4) is 0 Å². The van der Waals surface area contributed by atoms with Crippen LogP contribution in [0, 0.1) is 0 Å². The van der Waals surface area contributed by atoms with E-state index in [1.54, 1.807) is 0 Å². The Morgan fingerprint density at radius 1 is 0.875 bits per heavy atom. The van der Waals surface area contributed by atoms with Gasteiger partial charge in [-0.15, -0.1) is 0 Å². The molecule has 0 saturated heterocycles. The lowest BCUT2D eigenvalue weighted by atomic mass is 10.3. The Kier molecular flexibility index (Phi) is 7.59. The summed E-state index contributed by atoms with van der Waals surface area (Å²) < 4.78 is 13.5. The molecule has 0 aromatic carbocycles. The standard InChI is InChI=1S/C13H31NOP/c1-6-14(7-2,8-3)12-11-13-16(15,9-4)10-5/h6-13H2,1-5H3/q+1. The second kappa shape index (κ2) is 7.50. The topological polar surface area (TPSA) is 17.1 Å². The molecule has 0 amide bonds. The molecule has 0 aromatic heterocycles. The predicted molar refractivity (Wildman–Crippen MR) is 74.9 cm³/mol. The number of hydrogen-bond acceptors (Lipinski definition) is 1. The zero-order valence-corrected chi connectivity index (χ0v) is 12.9. The van der Waals surface area contributed by atoms with Gasteiger partial charge in [0.15, 0.2) is 0 Å². The van der Waals surface area contributed by atoms with Crippen molar-refractivity contribution in [3.05, 3.63) is 0 Å². The maximum absolute atomic E-state index is 12.3. The van der Waals surface area contributed by atoms with Crippen LogP contribution < -0.4 is 0 Å². The van der Waals surface area contributed by atoms with Crippen LogP contribution in [-0.4, -0.2) is 49.1 Å². The molecule has 0 spiro atoms. The minimum Gasteiger partial charge on any atom is -0.324 e. The summed E-state index contributed by atoms with van der Waals surface area (Å²) in [6.45, 7) is 15.8. The molecule has 0 radical (unpaired) electrons. The molecule has 0 aromatic rings. The van der Waals surface area contributed by atoms with Crippen molar-refractivity contribution in [3.63, 3.8) is 0 Å². The van der Waals surface area contributed by atoms with E-state index in [2.05, 4.69) is 34.6 Å². The van der Waals surface area contributed by atoms with Crippen LogP contribution in [0.5, 0.6) is 0 Å². The van der Waals surface area contributed by atoms with Gasteiger partial charge in [0.05, 0.1) is 33.3 Å². The third-order valence-corrected chi connectivity index (χ3v) is 7.80. The van der Waals surface area contributed by atoms with Gasteiger partial charge in [-0.25, -0.2) is 0 Å². The molecule has 3 heteroatoms. The van der Waals surface area contributed by atoms with Crippen LogP contribution in [0.15, 0.2) is 0 Å². The average Bonchev–Trinajstić information content (AvgIpc) is 2.35. The van der Waals surface area contributed by atoms with Crippen LogP contribution in [0.1, 0.15) is 41.0 Å². The average molecular weight is 248 g/mol. The van der Waals surface area contributed by atoms with E-state index in [0.29, 0.717) is 0 Å². The lowest BCUT2D eigenvalue weighted by Gasteiger charge is -2.36. The largest absolute Gasteiger partial charge is 0.324 e. The Bertz CT molecular complexity index is 208. The minimum atomic E-state index is -1.81. The molecule has 0 aliphatic rings. The molecular formula is C13H31NOP+. The first-order valence-electron chi connectivity index (χ1n) is 6.93. The van der Waals surface area contributed by atoms with Crippen LogP contribution in [0.3, 0.4) is 0 Å². The summed E-state index contributed by atoms with van der Waals surface area (Å²) in [6, 6.07) is 0. The highest BCUT2D eigenvalue weighted by Crippen LogP contribution is 2.45. The first-order chi connectivity index (χ1) is 7.51. The second-order valence-corrected chi connectivity index (χ2v) is 8.61. The summed E-state index contributed by atoms with van der Waals surface area (Å²) in [6.07, 6.45) is 3.86. The number of quaternary nitrogens is 1. The Hall–Kier alpha value is 0.190. The highest BCUT2D eigenvalue weighted by molar-refractivity contribution is 7.63. The van der Waals surface area contributed by atoms with Crippen molar-refractivity contribution in [1.82, 2.24) is 0 Å². The molecule has 0 aliphatic heterocycles. The normalized spacial score (nSPS) is 13.1. The summed E-state index contributed by atoms with van der Waals surface area (Å²) >= 11 is 0. The van der Waals surface area contributed by atoms with Crippen molar-refractivity contribution in [1.29, 1.82) is 0 Å². The monoisotopic (exact) mass is 248 g/mol. The van der Waals surface area contributed by atoms with Gasteiger partial charge in [-0.1, -0.05) is 13.8 Å². The summed E-state index contributed by atoms with van der Waals surface area (Å²) in [4.78, 5) is 0. The van der Waals surface area contributed by atoms with Crippen LogP contribution in [0.25, 0.3) is 0 Å². The van der Waals surface area contributed by atoms with E-state index >= 15 is 0 Å². The highest BCUT2D eigenvalue weighted by atomic mass is 31.2. The molecule has 0 aliphatic carbocycles. The Morgan fingerprint density at radius 3 is 1.62 bits per heavy atom. The predicted octanol–water partition coefficient (Wildman–Crippen LogP) is 3.66. The van der Waals surface area contributed by atoms with Crippen LogP contribution in [-0.2, 0) is 4.57 Å². The molecule has 0 atom stereocenters. The fourth-order valence-electron chi connectivity index (χ4n) is 2.38. The van der Waals surface area contributed by atoms with Crippen LogP contribution >= 0.6 is 7.14 Å². The SMILES string of the molecule is CC[N+](CC)(CC)CCCP(=O)(CC)CC. The summed E-state index contributed by atoms with van der Waals surface area (Å²) in [5.74, 6) is 0. The lowest BCUT2D eigenvalue weighted by Crippen LogP contribution is -2.48. The van der Waals surface area contributed by atoms with Crippen LogP contribution in [0.2, 0.25) is 0 Å². The van der Waals surface area contributed by atoms with E-state index in [1.807, 2.05) is 0 Å². The first kappa shape index (κ1) is 16.2. The van der Waals surface area contributed by atoms with E-state index in [-0.39, 0.29) is 0 Å². The van der Waals surface area contributed by atoms with E-state index in [1.165, 1.54) is 30.7 Å². The first-order valence-corrected chi connectivity index (χ1v) is 9.19. The van der Waals surface area contributed by atoms with Crippen molar-refractivity contribution >= 4 is 7.14 Å². The van der Waals surface area contributed by atoms with Crippen molar-refractivity contribution < 1.29 is 9.05 Å². The molecule has 0 N–H and O–H groups in total. The van der Waals surface area contributed by atoms with Gasteiger partial charge in [0.2, 0.25) is 0 Å². The molecule has 0 unspecified atom stereocenters. The molecule has 2 nitrogen and oxygen atoms in total. The van der Waals surface area contributed by atoms with E-state index < -0.39 is 7.14 Å². The quantitative estimate of drug-likeness (QED) is 0.449. The van der Waals surface area contributed by atoms with Gasteiger partial charge in [0.1, 0.15) is 0 Å². The lowest BCUT2D eigenvalue weighted by molar-refractivity contribution is -0.923. The van der Waals surface area contributed by atoms with Crippen molar-refractivity contribution in [2.75, 3.05) is 44.7 Å². The number of nitrogens with zero attached hydrogens (tertiary/aromatic N) is 1. The minimum absolute atomic E-state index is 0.883. The zero-order chi connectivity index (χ0) is 12.7. The van der Waals surface area contributed by atoms with E-state index in [4.69, 9.17) is 0 Å². The fraction of sp³-hybridized carbons (Fsp3) is 1.00. The Morgan fingerprint density at radius 2 is 1.31 bits per heavy atom. The van der Waals surface area contributed by atoms with Gasteiger partial charge < -0.3 is 9.05 Å². The summed E-state index contributed by atoms with van der Waals surface area (Å²) in [5, 5.41) is 0. The van der Waals surface area contributed by atoms with Gasteiger partial charge in [-0.05, 0) is 33.1 Å². The Labute approximate surface area is 102 Å². The summed E-state index contributed by atoms with van der Waals surface area (Å²) in [5.41, 5.74) is 0. The second-order valence-electron chi connectivity index (χ2n) is 4.78. The van der Waals surface area contributed by atoms with E-state index in [9.17, 15) is 4.57 Å². The molecule has 0 heterocycles. The molecule has 16 heavy (non-hydrogen) atoms. The number of rotatable bonds is 9. The third kappa shape index (κ3) is 4.59. The van der Waals surface area contributed by atoms with Gasteiger partial charge in [-0.2, -0.15) is 0 Å². The molecule has 98 valence electrons. The van der Waals surface area contributed by atoms with Gasteiger partial charge in [0, 0.05) is 12.6 Å². The van der Waals surface area contributed by atoms with Crippen LogP contribution in [0.4, 0.5) is 0 Å². The molecular weight excluding hydrogens is 217 g/mol. The zero-order valence-electron chi connectivity index (χ0n) is 12.0. The Balaban J connectivity index is 4.18. The smallest absolute Gasteiger partial charge is 0.0874 e. The molecule has 0 rings (SSSR count). The van der Waals surface area contributed by atoms with Gasteiger partial charge >= 0.3 is 0 Å². The van der Waals surface area contributed by atoms with E-state index in [0.717, 1.165) is 24.9 Å². The summed E-state index contributed by atoms with van der Waals surface area (Å²) in [7, 11) is -1.81. The molecule has 0 saturated carbocycles. The van der Waals surface area contributed by atoms with Crippen molar-refractivity contribution in [2.45, 2.75) is 41.0 Å². The van der Waals surface area contributed by atoms with Crippen molar-refractivity contribution in [2.24, 2.45) is 0 Å². The molecule has 0 bridgehead atoms. The third-order valence-electron chi connectivity index (χ3n) is 4.36. The maximum atomic E-state index is 12.3.